The molecule has 13 heteroatoms. The van der Waals surface area contributed by atoms with Crippen molar-refractivity contribution in [2.75, 3.05) is 20.8 Å². The third-order valence-electron chi connectivity index (χ3n) is 7.67. The summed E-state index contributed by atoms with van der Waals surface area (Å²) in [5.41, 5.74) is 2.83. The van der Waals surface area contributed by atoms with Gasteiger partial charge in [-0.3, -0.25) is 4.79 Å². The molecule has 0 atom stereocenters. The van der Waals surface area contributed by atoms with Crippen LogP contribution in [0.4, 0.5) is 4.79 Å². The van der Waals surface area contributed by atoms with Crippen LogP contribution in [0.3, 0.4) is 0 Å². The van der Waals surface area contributed by atoms with Crippen LogP contribution in [0.25, 0.3) is 6.08 Å². The van der Waals surface area contributed by atoms with Gasteiger partial charge in [-0.1, -0.05) is 29.8 Å². The number of urea groups is 1. The second kappa shape index (κ2) is 16.0. The number of amides is 3. The van der Waals surface area contributed by atoms with Gasteiger partial charge in [0.15, 0.2) is 11.5 Å². The van der Waals surface area contributed by atoms with Gasteiger partial charge < -0.3 is 30.0 Å². The first kappa shape index (κ1) is 34.8. The van der Waals surface area contributed by atoms with Crippen molar-refractivity contribution in [2.24, 2.45) is 0 Å². The average Bonchev–Trinajstić information content (AvgIpc) is 3.05. The molecular formula is C34H39N3O9S. The molecule has 3 aromatic rings. The fourth-order valence-electron chi connectivity index (χ4n) is 5.14. The molecular weight excluding hydrogens is 626 g/mol. The van der Waals surface area contributed by atoms with Crippen molar-refractivity contribution in [3.8, 4) is 17.2 Å². The molecule has 47 heavy (non-hydrogen) atoms. The predicted molar refractivity (Wildman–Crippen MR) is 175 cm³/mol. The number of nitrogens with one attached hydrogen (secondary N) is 3. The smallest absolute Gasteiger partial charge is 0.331 e. The molecule has 4 N–H and O–H groups in total. The van der Waals surface area contributed by atoms with E-state index in [4.69, 9.17) is 14.2 Å². The average molecular weight is 666 g/mol. The van der Waals surface area contributed by atoms with Crippen LogP contribution >= 0.6 is 0 Å². The first-order valence-electron chi connectivity index (χ1n) is 15.1. The van der Waals surface area contributed by atoms with Gasteiger partial charge in [-0.05, 0) is 92.6 Å². The molecule has 3 aromatic carbocycles. The van der Waals surface area contributed by atoms with Crippen LogP contribution in [0.2, 0.25) is 0 Å². The van der Waals surface area contributed by atoms with Crippen molar-refractivity contribution in [3.05, 3.63) is 89.0 Å². The number of carbonyl (C=O) groups excluding carboxylic acids is 3. The number of phenolic OH excluding ortho intramolecular Hbond substituents is 1. The Kier molecular flexibility index (Phi) is 11.8. The van der Waals surface area contributed by atoms with E-state index >= 15 is 0 Å². The van der Waals surface area contributed by atoms with E-state index in [0.29, 0.717) is 55.5 Å². The molecule has 0 radical (unpaired) electrons. The third-order valence-corrected chi connectivity index (χ3v) is 9.01. The highest BCUT2D eigenvalue weighted by Gasteiger charge is 2.26. The highest BCUT2D eigenvalue weighted by molar-refractivity contribution is 7.90. The lowest BCUT2D eigenvalue weighted by Gasteiger charge is -2.28. The number of sulfonamides is 1. The van der Waals surface area contributed by atoms with Crippen molar-refractivity contribution in [1.82, 2.24) is 15.4 Å². The zero-order chi connectivity index (χ0) is 34.0. The van der Waals surface area contributed by atoms with Gasteiger partial charge in [-0.15, -0.1) is 0 Å². The summed E-state index contributed by atoms with van der Waals surface area (Å²) in [5, 5.41) is 15.2. The number of phenols is 1. The van der Waals surface area contributed by atoms with Crippen LogP contribution in [0.15, 0.2) is 71.6 Å². The number of carbonyl (C=O) groups is 3. The van der Waals surface area contributed by atoms with Gasteiger partial charge in [0.2, 0.25) is 0 Å². The minimum absolute atomic E-state index is 0.00501. The summed E-state index contributed by atoms with van der Waals surface area (Å²) in [4.78, 5) is 37.3. The Hall–Kier alpha value is -5.04. The SMILES string of the molecule is COc1cc(/C=C/C(=O)OC2CCC(NC(=O)NS(=O)(=O)c3ccc(CCNC(=O)c4cc(C)ccc4OC)cc3)CC2)ccc1O. The van der Waals surface area contributed by atoms with E-state index in [1.807, 2.05) is 13.0 Å². The van der Waals surface area contributed by atoms with E-state index in [9.17, 15) is 27.9 Å². The van der Waals surface area contributed by atoms with E-state index in [1.54, 1.807) is 42.5 Å². The van der Waals surface area contributed by atoms with Gasteiger partial charge in [0, 0.05) is 18.7 Å². The maximum absolute atomic E-state index is 12.8. The fourth-order valence-corrected chi connectivity index (χ4v) is 6.05. The van der Waals surface area contributed by atoms with Gasteiger partial charge in [0.05, 0.1) is 24.7 Å². The first-order valence-corrected chi connectivity index (χ1v) is 16.6. The fraction of sp³-hybridized carbons (Fsp3) is 0.324. The van der Waals surface area contributed by atoms with Crippen molar-refractivity contribution in [1.29, 1.82) is 0 Å². The molecule has 0 saturated heterocycles. The van der Waals surface area contributed by atoms with Gasteiger partial charge in [-0.25, -0.2) is 22.7 Å². The summed E-state index contributed by atoms with van der Waals surface area (Å²) < 4.78 is 43.5. The maximum Gasteiger partial charge on any atom is 0.331 e. The summed E-state index contributed by atoms with van der Waals surface area (Å²) in [6.45, 7) is 2.22. The van der Waals surface area contributed by atoms with E-state index in [2.05, 4.69) is 15.4 Å². The molecule has 250 valence electrons. The summed E-state index contributed by atoms with van der Waals surface area (Å²) >= 11 is 0. The quantitative estimate of drug-likeness (QED) is 0.163. The minimum atomic E-state index is -4.12. The molecule has 4 rings (SSSR count). The topological polar surface area (TPSA) is 169 Å². The number of aryl methyl sites for hydroxylation is 1. The number of hydrogen-bond donors (Lipinski definition) is 4. The summed E-state index contributed by atoms with van der Waals surface area (Å²) in [7, 11) is -1.18. The minimum Gasteiger partial charge on any atom is -0.504 e. The maximum atomic E-state index is 12.8. The molecule has 0 unspecified atom stereocenters. The van der Waals surface area contributed by atoms with Crippen molar-refractivity contribution in [2.45, 2.75) is 56.1 Å². The predicted octanol–water partition coefficient (Wildman–Crippen LogP) is 4.25. The lowest BCUT2D eigenvalue weighted by Crippen LogP contribution is -2.46. The highest BCUT2D eigenvalue weighted by Crippen LogP contribution is 2.27. The Labute approximate surface area is 274 Å². The molecule has 1 fully saturated rings. The summed E-state index contributed by atoms with van der Waals surface area (Å²) in [6.07, 6.45) is 5.01. The summed E-state index contributed by atoms with van der Waals surface area (Å²) in [5.74, 6) is -0.0243. The number of rotatable bonds is 12. The normalized spacial score (nSPS) is 16.2. The van der Waals surface area contributed by atoms with Crippen LogP contribution in [0, 0.1) is 6.92 Å². The van der Waals surface area contributed by atoms with Crippen LogP contribution in [0.5, 0.6) is 17.2 Å². The first-order chi connectivity index (χ1) is 22.5. The van der Waals surface area contributed by atoms with Gasteiger partial charge in [-0.2, -0.15) is 0 Å². The van der Waals surface area contributed by atoms with Gasteiger partial charge >= 0.3 is 12.0 Å². The zero-order valence-corrected chi connectivity index (χ0v) is 27.3. The standard InChI is InChI=1S/C34H39N3O9S/c1-22-4-16-30(44-2)28(20-22)33(40)35-19-18-23-5-13-27(14-6-23)47(42,43)37-34(41)36-25-9-11-26(12-10-25)46-32(39)17-8-24-7-15-29(38)31(21-24)45-3/h4-8,13-17,20-21,25-26,38H,9-12,18-19H2,1-3H3,(H,35,40)(H2,36,37,41)/b17-8+. The van der Waals surface area contributed by atoms with Crippen LogP contribution < -0.4 is 24.8 Å². The van der Waals surface area contributed by atoms with E-state index in [-0.39, 0.29) is 34.4 Å². The van der Waals surface area contributed by atoms with Crippen molar-refractivity contribution < 1.29 is 42.1 Å². The van der Waals surface area contributed by atoms with E-state index < -0.39 is 22.0 Å². The van der Waals surface area contributed by atoms with Crippen LogP contribution in [-0.2, 0) is 26.0 Å². The van der Waals surface area contributed by atoms with Gasteiger partial charge in [0.1, 0.15) is 11.9 Å². The Bertz CT molecular complexity index is 1720. The Morgan fingerprint density at radius 3 is 2.30 bits per heavy atom. The second-order valence-electron chi connectivity index (χ2n) is 11.1. The molecule has 0 aliphatic heterocycles. The number of esters is 1. The number of aromatic hydroxyl groups is 1. The lowest BCUT2D eigenvalue weighted by molar-refractivity contribution is -0.144. The number of benzene rings is 3. The van der Waals surface area contributed by atoms with Crippen LogP contribution in [-0.4, -0.2) is 64.3 Å². The van der Waals surface area contributed by atoms with E-state index in [0.717, 1.165) is 11.1 Å². The molecule has 1 aliphatic rings. The molecule has 0 bridgehead atoms. The van der Waals surface area contributed by atoms with Crippen LogP contribution in [0.1, 0.15) is 52.7 Å². The molecule has 1 saturated carbocycles. The van der Waals surface area contributed by atoms with Crippen molar-refractivity contribution >= 4 is 34.0 Å². The van der Waals surface area contributed by atoms with E-state index in [1.165, 1.54) is 38.5 Å². The van der Waals surface area contributed by atoms with Crippen molar-refractivity contribution in [3.63, 3.8) is 0 Å². The highest BCUT2D eigenvalue weighted by atomic mass is 32.2. The largest absolute Gasteiger partial charge is 0.504 e. The lowest BCUT2D eigenvalue weighted by atomic mass is 9.93. The Morgan fingerprint density at radius 2 is 1.62 bits per heavy atom. The third kappa shape index (κ3) is 9.97. The number of ether oxygens (including phenoxy) is 3. The molecule has 3 amide bonds. The molecule has 0 aromatic heterocycles. The molecule has 0 heterocycles. The zero-order valence-electron chi connectivity index (χ0n) is 26.4. The summed E-state index contributed by atoms with van der Waals surface area (Å²) in [6, 6.07) is 15.0. The Balaban J connectivity index is 1.18. The Morgan fingerprint density at radius 1 is 0.915 bits per heavy atom. The molecule has 0 spiro atoms. The number of methoxy groups -OCH3 is 2. The van der Waals surface area contributed by atoms with Gasteiger partial charge in [0.25, 0.3) is 15.9 Å². The molecule has 12 nitrogen and oxygen atoms in total. The molecule has 1 aliphatic carbocycles. The second-order valence-corrected chi connectivity index (χ2v) is 12.8. The number of hydrogen-bond acceptors (Lipinski definition) is 9. The monoisotopic (exact) mass is 665 g/mol.